The number of hydrogen-bond donors (Lipinski definition) is 0. The number of ether oxygens (including phenoxy) is 1. The molecule has 2 aromatic carbocycles. The molecule has 26 heavy (non-hydrogen) atoms. The molecule has 0 N–H and O–H groups in total. The Morgan fingerprint density at radius 2 is 1.96 bits per heavy atom. The maximum absolute atomic E-state index is 13.9. The van der Waals surface area contributed by atoms with Gasteiger partial charge in [-0.05, 0) is 36.6 Å². The minimum absolute atomic E-state index is 0.0119. The highest BCUT2D eigenvalue weighted by Crippen LogP contribution is 2.35. The second kappa shape index (κ2) is 6.84. The van der Waals surface area contributed by atoms with Gasteiger partial charge in [0, 0.05) is 11.1 Å². The second-order valence-electron chi connectivity index (χ2n) is 6.05. The van der Waals surface area contributed by atoms with Crippen LogP contribution in [0.5, 0.6) is 5.75 Å². The molecule has 1 aromatic heterocycles. The van der Waals surface area contributed by atoms with Crippen LogP contribution >= 0.6 is 11.3 Å². The number of fused-ring (bicyclic) bond motifs is 1. The number of halogens is 1. The van der Waals surface area contributed by atoms with E-state index < -0.39 is 5.82 Å². The van der Waals surface area contributed by atoms with Crippen LogP contribution in [0.4, 0.5) is 4.39 Å². The molecule has 1 aliphatic rings. The van der Waals surface area contributed by atoms with Gasteiger partial charge in [-0.3, -0.25) is 4.79 Å². The van der Waals surface area contributed by atoms with Crippen LogP contribution in [0.3, 0.4) is 0 Å². The first-order chi connectivity index (χ1) is 12.7. The number of rotatable bonds is 3. The van der Waals surface area contributed by atoms with Crippen LogP contribution in [0.25, 0.3) is 16.6 Å². The molecule has 1 aliphatic carbocycles. The predicted molar refractivity (Wildman–Crippen MR) is 101 cm³/mol. The van der Waals surface area contributed by atoms with Gasteiger partial charge in [0.05, 0.1) is 17.7 Å². The summed E-state index contributed by atoms with van der Waals surface area (Å²) < 4.78 is 18.8. The molecule has 0 aliphatic heterocycles. The Balaban J connectivity index is 1.66. The van der Waals surface area contributed by atoms with Crippen LogP contribution in [0.15, 0.2) is 54.1 Å². The van der Waals surface area contributed by atoms with Crippen LogP contribution in [0.1, 0.15) is 27.3 Å². The summed E-state index contributed by atoms with van der Waals surface area (Å²) in [5, 5.41) is 0.862. The fourth-order valence-corrected chi connectivity index (χ4v) is 4.12. The van der Waals surface area contributed by atoms with Crippen molar-refractivity contribution in [2.24, 2.45) is 0 Å². The van der Waals surface area contributed by atoms with Crippen molar-refractivity contribution in [1.82, 2.24) is 4.98 Å². The second-order valence-corrected chi connectivity index (χ2v) is 7.05. The van der Waals surface area contributed by atoms with Gasteiger partial charge in [0.1, 0.15) is 5.01 Å². The number of nitrogens with zero attached hydrogens (tertiary/aromatic N) is 1. The first-order valence-corrected chi connectivity index (χ1v) is 9.11. The molecule has 0 fully saturated rings. The number of allylic oxidation sites excluding steroid dienone is 1. The van der Waals surface area contributed by atoms with Crippen molar-refractivity contribution in [1.29, 1.82) is 0 Å². The molecule has 3 nitrogen and oxygen atoms in total. The summed E-state index contributed by atoms with van der Waals surface area (Å²) >= 11 is 1.42. The molecule has 0 saturated heterocycles. The van der Waals surface area contributed by atoms with Gasteiger partial charge >= 0.3 is 0 Å². The lowest BCUT2D eigenvalue weighted by molar-refractivity contribution is 0.103. The third-order valence-corrected chi connectivity index (χ3v) is 5.51. The monoisotopic (exact) mass is 365 g/mol. The van der Waals surface area contributed by atoms with Crippen molar-refractivity contribution >= 4 is 23.2 Å². The minimum atomic E-state index is -0.435. The molecule has 0 saturated carbocycles. The first kappa shape index (κ1) is 16.7. The maximum Gasteiger partial charge on any atom is 0.200 e. The van der Waals surface area contributed by atoms with E-state index in [1.165, 1.54) is 24.5 Å². The molecule has 130 valence electrons. The van der Waals surface area contributed by atoms with Gasteiger partial charge in [-0.25, -0.2) is 9.37 Å². The van der Waals surface area contributed by atoms with Crippen molar-refractivity contribution < 1.29 is 13.9 Å². The van der Waals surface area contributed by atoms with E-state index >= 15 is 0 Å². The van der Waals surface area contributed by atoms with E-state index in [2.05, 4.69) is 4.98 Å². The number of hydrogen-bond acceptors (Lipinski definition) is 4. The van der Waals surface area contributed by atoms with Crippen molar-refractivity contribution in [3.05, 3.63) is 76.1 Å². The highest BCUT2D eigenvalue weighted by molar-refractivity contribution is 7.17. The van der Waals surface area contributed by atoms with Gasteiger partial charge in [0.2, 0.25) is 5.78 Å². The highest BCUT2D eigenvalue weighted by atomic mass is 32.1. The Bertz CT molecular complexity index is 1010. The maximum atomic E-state index is 13.9. The molecule has 1 heterocycles. The molecule has 4 rings (SSSR count). The number of carbonyl (C=O) groups excluding carboxylic acids is 1. The lowest BCUT2D eigenvalue weighted by Crippen LogP contribution is -2.12. The number of ketones is 1. The summed E-state index contributed by atoms with van der Waals surface area (Å²) in [6.45, 7) is 0. The summed E-state index contributed by atoms with van der Waals surface area (Å²) in [6, 6.07) is 14.6. The van der Waals surface area contributed by atoms with Crippen LogP contribution in [0.2, 0.25) is 0 Å². The average Bonchev–Trinajstić information content (AvgIpc) is 3.10. The van der Waals surface area contributed by atoms with Gasteiger partial charge < -0.3 is 4.74 Å². The van der Waals surface area contributed by atoms with E-state index in [1.807, 2.05) is 30.3 Å². The molecule has 0 unspecified atom stereocenters. The molecule has 0 bridgehead atoms. The number of methoxy groups -OCH3 is 1. The van der Waals surface area contributed by atoms with Crippen LogP contribution < -0.4 is 4.74 Å². The fourth-order valence-electron chi connectivity index (χ4n) is 3.03. The van der Waals surface area contributed by atoms with Crippen molar-refractivity contribution in [3.8, 4) is 16.3 Å². The Kier molecular flexibility index (Phi) is 4.39. The standard InChI is InChI=1S/C21H16FNO2S/c1-25-18-10-7-13(12-16(18)22)11-15-8-9-17-20(19(15)24)26-21(23-17)14-5-3-2-4-6-14/h2-7,10-12H,8-9H2,1H3. The quantitative estimate of drug-likeness (QED) is 0.601. The predicted octanol–water partition coefficient (Wildman–Crippen LogP) is 5.17. The van der Waals surface area contributed by atoms with E-state index in [4.69, 9.17) is 4.74 Å². The number of thiazole rings is 1. The van der Waals surface area contributed by atoms with Crippen molar-refractivity contribution in [3.63, 3.8) is 0 Å². The van der Waals surface area contributed by atoms with E-state index in [1.54, 1.807) is 18.2 Å². The third kappa shape index (κ3) is 3.06. The molecule has 5 heteroatoms. The summed E-state index contributed by atoms with van der Waals surface area (Å²) in [6.07, 6.45) is 3.09. The summed E-state index contributed by atoms with van der Waals surface area (Å²) in [5.74, 6) is -0.253. The Morgan fingerprint density at radius 3 is 2.69 bits per heavy atom. The zero-order chi connectivity index (χ0) is 18.1. The smallest absolute Gasteiger partial charge is 0.200 e. The van der Waals surface area contributed by atoms with Gasteiger partial charge in [-0.2, -0.15) is 0 Å². The zero-order valence-electron chi connectivity index (χ0n) is 14.2. The van der Waals surface area contributed by atoms with E-state index in [-0.39, 0.29) is 11.5 Å². The lowest BCUT2D eigenvalue weighted by atomic mass is 9.94. The molecule has 0 spiro atoms. The average molecular weight is 365 g/mol. The number of benzene rings is 2. The topological polar surface area (TPSA) is 39.2 Å². The number of aromatic nitrogens is 1. The van der Waals surface area contributed by atoms with Gasteiger partial charge in [0.15, 0.2) is 11.6 Å². The van der Waals surface area contributed by atoms with Crippen LogP contribution in [-0.2, 0) is 6.42 Å². The van der Waals surface area contributed by atoms with Crippen molar-refractivity contribution in [2.45, 2.75) is 12.8 Å². The van der Waals surface area contributed by atoms with Crippen molar-refractivity contribution in [2.75, 3.05) is 7.11 Å². The normalized spacial score (nSPS) is 15.2. The summed E-state index contributed by atoms with van der Waals surface area (Å²) in [7, 11) is 1.43. The number of carbonyl (C=O) groups is 1. The summed E-state index contributed by atoms with van der Waals surface area (Å²) in [4.78, 5) is 18.2. The van der Waals surface area contributed by atoms with Crippen LogP contribution in [0, 0.1) is 5.82 Å². The zero-order valence-corrected chi connectivity index (χ0v) is 15.0. The van der Waals surface area contributed by atoms with E-state index in [0.717, 1.165) is 22.7 Å². The third-order valence-electron chi connectivity index (χ3n) is 4.36. The molecule has 0 atom stereocenters. The van der Waals surface area contributed by atoms with Crippen LogP contribution in [-0.4, -0.2) is 17.9 Å². The molecular formula is C21H16FNO2S. The van der Waals surface area contributed by atoms with Gasteiger partial charge in [-0.1, -0.05) is 36.4 Å². The van der Waals surface area contributed by atoms with E-state index in [9.17, 15) is 9.18 Å². The molecule has 3 aromatic rings. The molecule has 0 amide bonds. The minimum Gasteiger partial charge on any atom is -0.494 e. The number of aryl methyl sites for hydroxylation is 1. The summed E-state index contributed by atoms with van der Waals surface area (Å²) in [5.41, 5.74) is 3.22. The fraction of sp³-hybridized carbons (Fsp3) is 0.143. The number of Topliss-reactive ketones (excluding diaryl/α,β-unsaturated/α-hetero) is 1. The van der Waals surface area contributed by atoms with E-state index in [0.29, 0.717) is 22.4 Å². The largest absolute Gasteiger partial charge is 0.494 e. The van der Waals surface area contributed by atoms with Gasteiger partial charge in [-0.15, -0.1) is 11.3 Å². The molecular weight excluding hydrogens is 349 g/mol. The lowest BCUT2D eigenvalue weighted by Gasteiger charge is -2.12. The Hall–Kier alpha value is -2.79. The Morgan fingerprint density at radius 1 is 1.15 bits per heavy atom. The SMILES string of the molecule is COc1ccc(C=C2CCc3nc(-c4ccccc4)sc3C2=O)cc1F. The first-order valence-electron chi connectivity index (χ1n) is 8.29. The highest BCUT2D eigenvalue weighted by Gasteiger charge is 2.26. The van der Waals surface area contributed by atoms with Gasteiger partial charge in [0.25, 0.3) is 0 Å². The Labute approximate surface area is 154 Å². The molecule has 0 radical (unpaired) electrons.